The zero-order valence-electron chi connectivity index (χ0n) is 23.0. The monoisotopic (exact) mass is 570 g/mol. The summed E-state index contributed by atoms with van der Waals surface area (Å²) in [4.78, 5) is 62.4. The maximum Gasteiger partial charge on any atom is 0.409 e. The van der Waals surface area contributed by atoms with Gasteiger partial charge in [-0.15, -0.1) is 0 Å². The van der Waals surface area contributed by atoms with E-state index in [9.17, 15) is 29.5 Å². The number of nitrogens with one attached hydrogen (secondary N) is 1. The van der Waals surface area contributed by atoms with Crippen molar-refractivity contribution in [3.05, 3.63) is 71.9 Å². The molecule has 1 saturated heterocycles. The summed E-state index contributed by atoms with van der Waals surface area (Å²) in [5.41, 5.74) is 2.04. The quantitative estimate of drug-likeness (QED) is 0.393. The van der Waals surface area contributed by atoms with Gasteiger partial charge in [0.25, 0.3) is 5.91 Å². The number of piperazine rings is 1. The number of aliphatic carboxylic acids is 1. The number of amides is 3. The van der Waals surface area contributed by atoms with Crippen molar-refractivity contribution in [1.29, 1.82) is 5.26 Å². The maximum absolute atomic E-state index is 13.5. The van der Waals surface area contributed by atoms with E-state index in [0.29, 0.717) is 22.4 Å². The molecule has 12 nitrogen and oxygen atoms in total. The number of carbonyl (C=O) groups excluding carboxylic acids is 3. The fraction of sp³-hybridized carbons (Fsp3) is 0.300. The molecular weight excluding hydrogens is 540 g/mol. The lowest BCUT2D eigenvalue weighted by Crippen LogP contribution is -2.56. The van der Waals surface area contributed by atoms with Gasteiger partial charge in [0.05, 0.1) is 23.9 Å². The Morgan fingerprint density at radius 2 is 1.67 bits per heavy atom. The summed E-state index contributed by atoms with van der Waals surface area (Å²) in [6.07, 6.45) is -0.939. The van der Waals surface area contributed by atoms with Crippen molar-refractivity contribution in [2.75, 3.05) is 32.8 Å². The highest BCUT2D eigenvalue weighted by molar-refractivity contribution is 5.97. The van der Waals surface area contributed by atoms with Crippen LogP contribution in [-0.4, -0.2) is 87.6 Å². The van der Waals surface area contributed by atoms with Crippen LogP contribution in [0.15, 0.2) is 60.7 Å². The van der Waals surface area contributed by atoms with Gasteiger partial charge in [0, 0.05) is 43.7 Å². The minimum absolute atomic E-state index is 0.0264. The van der Waals surface area contributed by atoms with Gasteiger partial charge in [-0.1, -0.05) is 42.5 Å². The second-order valence-corrected chi connectivity index (χ2v) is 9.49. The van der Waals surface area contributed by atoms with Crippen LogP contribution in [-0.2, 0) is 14.3 Å². The van der Waals surface area contributed by atoms with Crippen LogP contribution >= 0.6 is 0 Å². The average Bonchev–Trinajstić information content (AvgIpc) is 3.03. The SMILES string of the molecule is CCOC(=O)N1CCN(C(=O)C(CCC(=O)O)NC(=O)c2cc(-c3cccc(C#N)c3)nc(-c3ccccc3)n2)CC1. The topological polar surface area (TPSA) is 166 Å². The molecule has 12 heteroatoms. The van der Waals surface area contributed by atoms with Crippen LogP contribution < -0.4 is 5.32 Å². The van der Waals surface area contributed by atoms with Gasteiger partial charge in [0.15, 0.2) is 5.82 Å². The van der Waals surface area contributed by atoms with Crippen molar-refractivity contribution in [3.63, 3.8) is 0 Å². The van der Waals surface area contributed by atoms with E-state index < -0.39 is 29.9 Å². The lowest BCUT2D eigenvalue weighted by molar-refractivity contribution is -0.138. The number of carbonyl (C=O) groups is 4. The van der Waals surface area contributed by atoms with Gasteiger partial charge in [-0.25, -0.2) is 14.8 Å². The first-order valence-electron chi connectivity index (χ1n) is 13.5. The molecule has 1 aromatic heterocycles. The summed E-state index contributed by atoms with van der Waals surface area (Å²) in [5, 5.41) is 21.3. The zero-order valence-corrected chi connectivity index (χ0v) is 23.0. The lowest BCUT2D eigenvalue weighted by atomic mass is 10.1. The Morgan fingerprint density at radius 3 is 2.33 bits per heavy atom. The van der Waals surface area contributed by atoms with Crippen molar-refractivity contribution in [3.8, 4) is 28.7 Å². The molecule has 0 aliphatic carbocycles. The highest BCUT2D eigenvalue weighted by Gasteiger charge is 2.31. The second kappa shape index (κ2) is 13.8. The van der Waals surface area contributed by atoms with E-state index in [0.717, 1.165) is 0 Å². The third-order valence-corrected chi connectivity index (χ3v) is 6.65. The van der Waals surface area contributed by atoms with E-state index >= 15 is 0 Å². The van der Waals surface area contributed by atoms with E-state index in [1.54, 1.807) is 43.3 Å². The fourth-order valence-corrected chi connectivity index (χ4v) is 4.48. The van der Waals surface area contributed by atoms with E-state index in [1.165, 1.54) is 15.9 Å². The van der Waals surface area contributed by atoms with Gasteiger partial charge in [-0.05, 0) is 31.5 Å². The standard InChI is InChI=1S/C30H30N6O6/c1-2-42-30(41)36-15-13-35(14-16-36)29(40)23(11-12-26(37)38)34-28(39)25-18-24(22-10-6-7-20(17-22)19-31)32-27(33-25)21-8-4-3-5-9-21/h3-10,17-18,23H,2,11-16H2,1H3,(H,34,39)(H,37,38). The largest absolute Gasteiger partial charge is 0.481 e. The number of rotatable bonds is 9. The van der Waals surface area contributed by atoms with Crippen molar-refractivity contribution < 1.29 is 29.0 Å². The van der Waals surface area contributed by atoms with Gasteiger partial charge >= 0.3 is 12.1 Å². The minimum Gasteiger partial charge on any atom is -0.481 e. The Labute approximate surface area is 242 Å². The van der Waals surface area contributed by atoms with Crippen LogP contribution in [0.4, 0.5) is 4.79 Å². The highest BCUT2D eigenvalue weighted by Crippen LogP contribution is 2.23. The van der Waals surface area contributed by atoms with Gasteiger partial charge in [0.1, 0.15) is 11.7 Å². The molecule has 1 fully saturated rings. The third kappa shape index (κ3) is 7.45. The van der Waals surface area contributed by atoms with Gasteiger partial charge in [-0.3, -0.25) is 14.4 Å². The molecular formula is C30H30N6O6. The second-order valence-electron chi connectivity index (χ2n) is 9.49. The summed E-state index contributed by atoms with van der Waals surface area (Å²) in [5.74, 6) is -1.97. The first-order valence-corrected chi connectivity index (χ1v) is 13.5. The van der Waals surface area contributed by atoms with Crippen molar-refractivity contribution in [2.24, 2.45) is 0 Å². The van der Waals surface area contributed by atoms with Crippen molar-refractivity contribution >= 4 is 23.9 Å². The molecule has 216 valence electrons. The number of carboxylic acids is 1. The molecule has 1 aliphatic heterocycles. The molecule has 2 heterocycles. The summed E-state index contributed by atoms with van der Waals surface area (Å²) >= 11 is 0. The number of ether oxygens (including phenoxy) is 1. The van der Waals surface area contributed by atoms with Crippen molar-refractivity contribution in [1.82, 2.24) is 25.1 Å². The molecule has 0 saturated carbocycles. The number of carboxylic acid groups (broad SMARTS) is 1. The van der Waals surface area contributed by atoms with Crippen molar-refractivity contribution in [2.45, 2.75) is 25.8 Å². The maximum atomic E-state index is 13.5. The predicted octanol–water partition coefficient (Wildman–Crippen LogP) is 2.95. The summed E-state index contributed by atoms with van der Waals surface area (Å²) in [6, 6.07) is 18.2. The fourth-order valence-electron chi connectivity index (χ4n) is 4.48. The molecule has 3 amide bonds. The Bertz CT molecular complexity index is 1500. The minimum atomic E-state index is -1.14. The molecule has 42 heavy (non-hydrogen) atoms. The van der Waals surface area contributed by atoms with Gasteiger partial charge in [0.2, 0.25) is 5.91 Å². The van der Waals surface area contributed by atoms with Crippen LogP contribution in [0.3, 0.4) is 0 Å². The van der Waals surface area contributed by atoms with E-state index in [2.05, 4.69) is 21.4 Å². The van der Waals surface area contributed by atoms with Crippen LogP contribution in [0.1, 0.15) is 35.8 Å². The van der Waals surface area contributed by atoms with Gasteiger partial charge in [-0.2, -0.15) is 5.26 Å². The molecule has 1 unspecified atom stereocenters. The smallest absolute Gasteiger partial charge is 0.409 e. The molecule has 1 aliphatic rings. The summed E-state index contributed by atoms with van der Waals surface area (Å²) in [6.45, 7) is 2.87. The molecule has 0 radical (unpaired) electrons. The molecule has 2 aromatic carbocycles. The predicted molar refractivity (Wildman–Crippen MR) is 151 cm³/mol. The molecule has 1 atom stereocenters. The molecule has 0 spiro atoms. The molecule has 0 bridgehead atoms. The Kier molecular flexibility index (Phi) is 9.78. The van der Waals surface area contributed by atoms with Crippen LogP contribution in [0, 0.1) is 11.3 Å². The number of nitriles is 1. The molecule has 2 N–H and O–H groups in total. The number of hydrogen-bond donors (Lipinski definition) is 2. The Morgan fingerprint density at radius 1 is 0.976 bits per heavy atom. The van der Waals surface area contributed by atoms with Crippen LogP contribution in [0.5, 0.6) is 0 Å². The van der Waals surface area contributed by atoms with Crippen LogP contribution in [0.2, 0.25) is 0 Å². The lowest BCUT2D eigenvalue weighted by Gasteiger charge is -2.35. The third-order valence-electron chi connectivity index (χ3n) is 6.65. The summed E-state index contributed by atoms with van der Waals surface area (Å²) in [7, 11) is 0. The molecule has 4 rings (SSSR count). The Hall–Kier alpha value is -5.31. The summed E-state index contributed by atoms with van der Waals surface area (Å²) < 4.78 is 5.02. The number of hydrogen-bond acceptors (Lipinski definition) is 8. The van der Waals surface area contributed by atoms with Gasteiger partial charge < -0.3 is 25.0 Å². The van der Waals surface area contributed by atoms with E-state index in [1.807, 2.05) is 18.2 Å². The zero-order chi connectivity index (χ0) is 30.1. The van der Waals surface area contributed by atoms with E-state index in [-0.39, 0.29) is 57.1 Å². The first-order chi connectivity index (χ1) is 20.3. The number of benzene rings is 2. The average molecular weight is 571 g/mol. The molecule has 3 aromatic rings. The number of nitrogens with zero attached hydrogens (tertiary/aromatic N) is 5. The highest BCUT2D eigenvalue weighted by atomic mass is 16.6. The van der Waals surface area contributed by atoms with Crippen LogP contribution in [0.25, 0.3) is 22.6 Å². The van der Waals surface area contributed by atoms with E-state index in [4.69, 9.17) is 4.74 Å². The Balaban J connectivity index is 1.60. The first kappa shape index (κ1) is 29.7. The normalized spacial score (nSPS) is 13.5. The number of aromatic nitrogens is 2.